The molecule has 1 heterocycles. The second kappa shape index (κ2) is 5.73. The van der Waals surface area contributed by atoms with Gasteiger partial charge in [0.25, 0.3) is 0 Å². The van der Waals surface area contributed by atoms with Crippen LogP contribution in [-0.4, -0.2) is 16.0 Å². The average molecular weight is 294 g/mol. The summed E-state index contributed by atoms with van der Waals surface area (Å²) in [6.07, 6.45) is 5.88. The maximum atomic E-state index is 13.3. The second-order valence-electron chi connectivity index (χ2n) is 4.71. The summed E-state index contributed by atoms with van der Waals surface area (Å²) in [5.41, 5.74) is 0.992. The van der Waals surface area contributed by atoms with Crippen LogP contribution in [-0.2, 0) is 6.54 Å². The summed E-state index contributed by atoms with van der Waals surface area (Å²) in [6.45, 7) is 0.751. The Morgan fingerprint density at radius 3 is 2.70 bits per heavy atom. The van der Waals surface area contributed by atoms with Gasteiger partial charge in [0.05, 0.1) is 5.02 Å². The van der Waals surface area contributed by atoms with Crippen LogP contribution < -0.4 is 10.1 Å². The quantitative estimate of drug-likeness (QED) is 0.919. The maximum absolute atomic E-state index is 13.3. The number of rotatable bonds is 5. The van der Waals surface area contributed by atoms with Gasteiger partial charge in [0.2, 0.25) is 0 Å². The molecule has 2 aromatic rings. The molecule has 6 heteroatoms. The van der Waals surface area contributed by atoms with Gasteiger partial charge in [-0.3, -0.25) is 0 Å². The summed E-state index contributed by atoms with van der Waals surface area (Å²) in [4.78, 5) is 8.19. The fourth-order valence-corrected chi connectivity index (χ4v) is 1.80. The van der Waals surface area contributed by atoms with Crippen molar-refractivity contribution in [1.29, 1.82) is 0 Å². The Hall–Kier alpha value is -1.72. The van der Waals surface area contributed by atoms with E-state index in [1.54, 1.807) is 18.5 Å². The summed E-state index contributed by atoms with van der Waals surface area (Å²) in [6, 6.07) is 5.02. The standard InChI is InChI=1S/C14H13ClFN3O/c15-12-4-3-11(5-13(12)16)20-14-18-7-9(8-19-14)6-17-10-1-2-10/h3-5,7-8,10,17H,1-2,6H2. The highest BCUT2D eigenvalue weighted by atomic mass is 35.5. The van der Waals surface area contributed by atoms with Gasteiger partial charge in [-0.15, -0.1) is 0 Å². The van der Waals surface area contributed by atoms with E-state index in [9.17, 15) is 4.39 Å². The molecule has 1 fully saturated rings. The summed E-state index contributed by atoms with van der Waals surface area (Å²) >= 11 is 5.60. The molecule has 1 N–H and O–H groups in total. The van der Waals surface area contributed by atoms with E-state index in [1.165, 1.54) is 25.0 Å². The minimum absolute atomic E-state index is 0.0553. The van der Waals surface area contributed by atoms with Crippen molar-refractivity contribution in [3.63, 3.8) is 0 Å². The zero-order valence-corrected chi connectivity index (χ0v) is 11.4. The van der Waals surface area contributed by atoms with E-state index in [1.807, 2.05) is 0 Å². The van der Waals surface area contributed by atoms with Gasteiger partial charge in [-0.25, -0.2) is 14.4 Å². The van der Waals surface area contributed by atoms with Crippen LogP contribution in [0.3, 0.4) is 0 Å². The Morgan fingerprint density at radius 1 is 1.30 bits per heavy atom. The predicted octanol–water partition coefficient (Wildman–Crippen LogP) is 3.31. The normalized spacial score (nSPS) is 14.3. The SMILES string of the molecule is Fc1cc(Oc2ncc(CNC3CC3)cn2)ccc1Cl. The Morgan fingerprint density at radius 2 is 2.05 bits per heavy atom. The third-order valence-electron chi connectivity index (χ3n) is 2.95. The molecule has 0 radical (unpaired) electrons. The third kappa shape index (κ3) is 3.43. The molecule has 1 aromatic heterocycles. The molecule has 0 unspecified atom stereocenters. The minimum Gasteiger partial charge on any atom is -0.424 e. The molecule has 1 saturated carbocycles. The largest absolute Gasteiger partial charge is 0.424 e. The molecule has 3 rings (SSSR count). The highest BCUT2D eigenvalue weighted by Crippen LogP contribution is 2.23. The van der Waals surface area contributed by atoms with Gasteiger partial charge in [-0.05, 0) is 25.0 Å². The first kappa shape index (κ1) is 13.3. The molecule has 0 amide bonds. The van der Waals surface area contributed by atoms with E-state index in [0.29, 0.717) is 11.8 Å². The van der Waals surface area contributed by atoms with Crippen LogP contribution in [0.4, 0.5) is 4.39 Å². The monoisotopic (exact) mass is 293 g/mol. The first-order valence-corrected chi connectivity index (χ1v) is 6.76. The van der Waals surface area contributed by atoms with Crippen LogP contribution in [0.5, 0.6) is 11.8 Å². The van der Waals surface area contributed by atoms with E-state index in [0.717, 1.165) is 12.1 Å². The number of aromatic nitrogens is 2. The van der Waals surface area contributed by atoms with E-state index in [-0.39, 0.29) is 11.0 Å². The number of ether oxygens (including phenoxy) is 1. The second-order valence-corrected chi connectivity index (χ2v) is 5.11. The van der Waals surface area contributed by atoms with Gasteiger partial charge >= 0.3 is 6.01 Å². The Kier molecular flexibility index (Phi) is 3.80. The lowest BCUT2D eigenvalue weighted by Gasteiger charge is -2.06. The van der Waals surface area contributed by atoms with Gasteiger partial charge < -0.3 is 10.1 Å². The molecule has 1 aliphatic carbocycles. The Bertz CT molecular complexity index is 602. The van der Waals surface area contributed by atoms with Crippen molar-refractivity contribution >= 4 is 11.6 Å². The highest BCUT2D eigenvalue weighted by molar-refractivity contribution is 6.30. The van der Waals surface area contributed by atoms with Crippen molar-refractivity contribution in [2.45, 2.75) is 25.4 Å². The predicted molar refractivity (Wildman–Crippen MR) is 73.4 cm³/mol. The lowest BCUT2D eigenvalue weighted by atomic mass is 10.3. The molecule has 1 aromatic carbocycles. The topological polar surface area (TPSA) is 47.0 Å². The van der Waals surface area contributed by atoms with Crippen molar-refractivity contribution in [3.05, 3.63) is 47.0 Å². The number of benzene rings is 1. The molecule has 104 valence electrons. The van der Waals surface area contributed by atoms with Crippen LogP contribution >= 0.6 is 11.6 Å². The number of nitrogens with zero attached hydrogens (tertiary/aromatic N) is 2. The summed E-state index contributed by atoms with van der Waals surface area (Å²) in [7, 11) is 0. The molecule has 0 spiro atoms. The van der Waals surface area contributed by atoms with Gasteiger partial charge in [0.1, 0.15) is 11.6 Å². The van der Waals surface area contributed by atoms with E-state index < -0.39 is 5.82 Å². The number of hydrogen-bond donors (Lipinski definition) is 1. The lowest BCUT2D eigenvalue weighted by molar-refractivity contribution is 0.437. The number of hydrogen-bond acceptors (Lipinski definition) is 4. The molecule has 4 nitrogen and oxygen atoms in total. The van der Waals surface area contributed by atoms with Crippen molar-refractivity contribution in [1.82, 2.24) is 15.3 Å². The average Bonchev–Trinajstić information content (AvgIpc) is 3.26. The molecule has 20 heavy (non-hydrogen) atoms. The summed E-state index contributed by atoms with van der Waals surface area (Å²) in [5, 5.41) is 3.43. The molecular formula is C14H13ClFN3O. The third-order valence-corrected chi connectivity index (χ3v) is 3.26. The smallest absolute Gasteiger partial charge is 0.321 e. The van der Waals surface area contributed by atoms with Crippen LogP contribution in [0.2, 0.25) is 5.02 Å². The van der Waals surface area contributed by atoms with Crippen LogP contribution in [0.15, 0.2) is 30.6 Å². The van der Waals surface area contributed by atoms with Gasteiger partial charge in [0.15, 0.2) is 0 Å². The molecular weight excluding hydrogens is 281 g/mol. The molecule has 0 aliphatic heterocycles. The minimum atomic E-state index is -0.533. The van der Waals surface area contributed by atoms with Gasteiger partial charge in [0, 0.05) is 36.6 Å². The Labute approximate surface area is 121 Å². The van der Waals surface area contributed by atoms with Crippen molar-refractivity contribution in [2.75, 3.05) is 0 Å². The lowest BCUT2D eigenvalue weighted by Crippen LogP contribution is -2.15. The number of halogens is 2. The Balaban J connectivity index is 1.62. The first-order valence-electron chi connectivity index (χ1n) is 6.38. The molecule has 0 saturated heterocycles. The van der Waals surface area contributed by atoms with Crippen molar-refractivity contribution in [2.24, 2.45) is 0 Å². The van der Waals surface area contributed by atoms with E-state index in [2.05, 4.69) is 15.3 Å². The fourth-order valence-electron chi connectivity index (χ4n) is 1.68. The van der Waals surface area contributed by atoms with Crippen LogP contribution in [0.1, 0.15) is 18.4 Å². The maximum Gasteiger partial charge on any atom is 0.321 e. The summed E-state index contributed by atoms with van der Waals surface area (Å²) in [5.74, 6) is -0.217. The van der Waals surface area contributed by atoms with Crippen molar-refractivity contribution < 1.29 is 9.13 Å². The number of nitrogens with one attached hydrogen (secondary N) is 1. The highest BCUT2D eigenvalue weighted by Gasteiger charge is 2.19. The molecule has 1 aliphatic rings. The first-order chi connectivity index (χ1) is 9.70. The van der Waals surface area contributed by atoms with Crippen LogP contribution in [0.25, 0.3) is 0 Å². The van der Waals surface area contributed by atoms with Gasteiger partial charge in [-0.2, -0.15) is 0 Å². The van der Waals surface area contributed by atoms with Gasteiger partial charge in [-0.1, -0.05) is 11.6 Å². The van der Waals surface area contributed by atoms with E-state index >= 15 is 0 Å². The zero-order valence-electron chi connectivity index (χ0n) is 10.6. The fraction of sp³-hybridized carbons (Fsp3) is 0.286. The zero-order chi connectivity index (χ0) is 13.9. The molecule has 0 bridgehead atoms. The molecule has 0 atom stereocenters. The summed E-state index contributed by atoms with van der Waals surface area (Å²) < 4.78 is 18.6. The van der Waals surface area contributed by atoms with E-state index in [4.69, 9.17) is 16.3 Å². The van der Waals surface area contributed by atoms with Crippen molar-refractivity contribution in [3.8, 4) is 11.8 Å². The van der Waals surface area contributed by atoms with Crippen LogP contribution in [0, 0.1) is 5.82 Å².